The summed E-state index contributed by atoms with van der Waals surface area (Å²) in [6.07, 6.45) is 0. The third kappa shape index (κ3) is 104. The third-order valence-corrected chi connectivity index (χ3v) is 0. The van der Waals surface area contributed by atoms with Crippen molar-refractivity contribution in [1.29, 1.82) is 0 Å². The number of hydrogen-bond acceptors (Lipinski definition) is 3. The van der Waals surface area contributed by atoms with Crippen LogP contribution < -0.4 is 51.9 Å². The second-order valence-corrected chi connectivity index (χ2v) is 0.671. The maximum Gasteiger partial charge on any atom is 2.00 e. The van der Waals surface area contributed by atoms with Crippen LogP contribution in [0, 0.1) is 0 Å². The molecule has 0 aliphatic heterocycles. The van der Waals surface area contributed by atoms with Gasteiger partial charge in [-0.25, -0.2) is 0 Å². The summed E-state index contributed by atoms with van der Waals surface area (Å²) in [5.41, 5.74) is 0. The molecule has 50 valence electrons. The van der Waals surface area contributed by atoms with E-state index >= 15 is 0 Å². The van der Waals surface area contributed by atoms with Crippen molar-refractivity contribution in [2.45, 2.75) is 0 Å². The zero-order chi connectivity index (χ0) is 3.58. The fourth-order valence-corrected chi connectivity index (χ4v) is 0. The SMILES string of the molecule is [Cl-].[Cl-].[Cl-].[Mg+2].[Mg+2].[Mg+2].[O-]P([O-])[O-]. The van der Waals surface area contributed by atoms with Crippen molar-refractivity contribution in [3.8, 4) is 0 Å². The predicted molar refractivity (Wildman–Crippen MR) is 24.2 cm³/mol. The minimum atomic E-state index is -3.37. The largest absolute Gasteiger partial charge is 2.00 e. The van der Waals surface area contributed by atoms with Crippen LogP contribution in [0.1, 0.15) is 0 Å². The zero-order valence-corrected chi connectivity index (χ0v) is 12.3. The number of hydrogen-bond donors (Lipinski definition) is 0. The van der Waals surface area contributed by atoms with Crippen molar-refractivity contribution in [2.24, 2.45) is 0 Å². The fraction of sp³-hybridized carbons (Fsp3) is 0. The van der Waals surface area contributed by atoms with Gasteiger partial charge in [-0.1, -0.05) is 0 Å². The Hall–Kier alpha value is 3.48. The van der Waals surface area contributed by atoms with E-state index in [0.717, 1.165) is 0 Å². The van der Waals surface area contributed by atoms with E-state index in [-0.39, 0.29) is 106 Å². The summed E-state index contributed by atoms with van der Waals surface area (Å²) in [6.45, 7) is 0. The van der Waals surface area contributed by atoms with Gasteiger partial charge in [-0.2, -0.15) is 0 Å². The molecule has 0 bridgehead atoms. The Kier molecular flexibility index (Phi) is 196. The molecule has 0 N–H and O–H groups in total. The summed E-state index contributed by atoms with van der Waals surface area (Å²) in [6, 6.07) is 0. The van der Waals surface area contributed by atoms with E-state index in [1.54, 1.807) is 0 Å². The molecule has 0 unspecified atom stereocenters. The monoisotopic (exact) mass is 256 g/mol. The van der Waals surface area contributed by atoms with Crippen LogP contribution in [0.25, 0.3) is 0 Å². The van der Waals surface area contributed by atoms with Crippen molar-refractivity contribution in [3.05, 3.63) is 0 Å². The molecule has 10 heavy (non-hydrogen) atoms. The minimum Gasteiger partial charge on any atom is -1.00 e. The summed E-state index contributed by atoms with van der Waals surface area (Å²) in [5, 5.41) is 0. The smallest absolute Gasteiger partial charge is 1.00 e. The van der Waals surface area contributed by atoms with Gasteiger partial charge in [0.15, 0.2) is 0 Å². The Morgan fingerprint density at radius 2 is 0.600 bits per heavy atom. The van der Waals surface area contributed by atoms with E-state index in [1.807, 2.05) is 0 Å². The summed E-state index contributed by atoms with van der Waals surface area (Å²) in [7, 11) is -3.37. The molecular weight excluding hydrogens is 258 g/mol. The molecule has 0 rings (SSSR count). The Bertz CT molecular complexity index is 23.7. The molecule has 0 heterocycles. The topological polar surface area (TPSA) is 69.2 Å². The quantitative estimate of drug-likeness (QED) is 0.320. The Labute approximate surface area is 128 Å². The van der Waals surface area contributed by atoms with Gasteiger partial charge in [0.25, 0.3) is 0 Å². The van der Waals surface area contributed by atoms with Crippen molar-refractivity contribution >= 4 is 77.8 Å². The van der Waals surface area contributed by atoms with Gasteiger partial charge in [0, 0.05) is 0 Å². The van der Waals surface area contributed by atoms with Crippen LogP contribution in [-0.2, 0) is 0 Å². The minimum absolute atomic E-state index is 0. The van der Waals surface area contributed by atoms with Gasteiger partial charge < -0.3 is 60.5 Å². The van der Waals surface area contributed by atoms with Gasteiger partial charge in [-0.05, 0) is 0 Å². The summed E-state index contributed by atoms with van der Waals surface area (Å²) < 4.78 is 0. The van der Waals surface area contributed by atoms with Crippen LogP contribution in [0.4, 0.5) is 0 Å². The first-order chi connectivity index (χ1) is 1.73. The van der Waals surface area contributed by atoms with Crippen LogP contribution in [0.3, 0.4) is 0 Å². The average Bonchev–Trinajstić information content (AvgIpc) is 0.811. The van der Waals surface area contributed by atoms with E-state index in [1.165, 1.54) is 0 Å². The molecule has 0 aromatic rings. The van der Waals surface area contributed by atoms with Crippen molar-refractivity contribution < 1.29 is 51.9 Å². The number of rotatable bonds is 0. The molecule has 0 aliphatic rings. The van der Waals surface area contributed by atoms with Gasteiger partial charge in [0.05, 0.1) is 0 Å². The first-order valence-corrected chi connectivity index (χ1v) is 1.64. The number of halogens is 3. The van der Waals surface area contributed by atoms with Crippen LogP contribution in [-0.4, -0.2) is 69.2 Å². The summed E-state index contributed by atoms with van der Waals surface area (Å²) in [4.78, 5) is 25.4. The van der Waals surface area contributed by atoms with E-state index < -0.39 is 8.60 Å². The molecule has 10 heteroatoms. The van der Waals surface area contributed by atoms with Crippen LogP contribution in [0.5, 0.6) is 0 Å². The second-order valence-electron chi connectivity index (χ2n) is 0.224. The molecular formula is Cl3Mg3O3P. The van der Waals surface area contributed by atoms with Crippen molar-refractivity contribution in [1.82, 2.24) is 0 Å². The fourth-order valence-electron chi connectivity index (χ4n) is 0. The maximum atomic E-state index is 8.48. The van der Waals surface area contributed by atoms with Gasteiger partial charge in [-0.15, -0.1) is 0 Å². The Morgan fingerprint density at radius 1 is 0.600 bits per heavy atom. The van der Waals surface area contributed by atoms with E-state index in [9.17, 15) is 0 Å². The summed E-state index contributed by atoms with van der Waals surface area (Å²) >= 11 is 0. The summed E-state index contributed by atoms with van der Waals surface area (Å²) in [5.74, 6) is 0. The average molecular weight is 258 g/mol. The van der Waals surface area contributed by atoms with Gasteiger partial charge in [-0.3, -0.25) is 0 Å². The molecule has 0 aliphatic carbocycles. The van der Waals surface area contributed by atoms with E-state index in [4.69, 9.17) is 14.7 Å². The standard InChI is InChI=1S/3ClH.3Mg.O3P/c;;;;;;1-4(2)3/h3*1H;;;;/q;;;3*+2;-3/p-3. The van der Waals surface area contributed by atoms with E-state index in [0.29, 0.717) is 0 Å². The maximum absolute atomic E-state index is 8.48. The van der Waals surface area contributed by atoms with Gasteiger partial charge >= 0.3 is 69.2 Å². The molecule has 0 radical (unpaired) electrons. The normalized spacial score (nSPS) is 3.60. The molecule has 0 aromatic carbocycles. The Morgan fingerprint density at radius 3 is 0.600 bits per heavy atom. The van der Waals surface area contributed by atoms with Gasteiger partial charge in [0.2, 0.25) is 0 Å². The zero-order valence-electron chi connectivity index (χ0n) is 4.93. The molecule has 0 aromatic heterocycles. The first-order valence-electron chi connectivity index (χ1n) is 0.548. The molecule has 0 spiro atoms. The molecule has 0 atom stereocenters. The van der Waals surface area contributed by atoms with E-state index in [2.05, 4.69) is 0 Å². The van der Waals surface area contributed by atoms with Gasteiger partial charge in [0.1, 0.15) is 0 Å². The molecule has 0 amide bonds. The van der Waals surface area contributed by atoms with Crippen LogP contribution in [0.2, 0.25) is 0 Å². The first kappa shape index (κ1) is 50.0. The third-order valence-electron chi connectivity index (χ3n) is 0. The molecule has 0 saturated carbocycles. The molecule has 3 nitrogen and oxygen atoms in total. The molecule has 0 saturated heterocycles. The predicted octanol–water partition coefficient (Wildman–Crippen LogP) is -12.8. The molecule has 0 fully saturated rings. The Balaban J connectivity index is -0.00000000300. The second kappa shape index (κ2) is 39.2. The van der Waals surface area contributed by atoms with Crippen molar-refractivity contribution in [3.63, 3.8) is 0 Å². The van der Waals surface area contributed by atoms with Crippen LogP contribution >= 0.6 is 8.60 Å². The van der Waals surface area contributed by atoms with Crippen molar-refractivity contribution in [2.75, 3.05) is 0 Å². The van der Waals surface area contributed by atoms with Crippen LogP contribution in [0.15, 0.2) is 0 Å².